The van der Waals surface area contributed by atoms with Gasteiger partial charge in [0.15, 0.2) is 0 Å². The molecular formula is C14H14F3N3O. The van der Waals surface area contributed by atoms with Crippen molar-refractivity contribution >= 4 is 11.6 Å². The van der Waals surface area contributed by atoms with Crippen LogP contribution in [0.1, 0.15) is 24.0 Å². The maximum atomic E-state index is 12.5. The van der Waals surface area contributed by atoms with Crippen LogP contribution in [0, 0.1) is 17.2 Å². The zero-order valence-electron chi connectivity index (χ0n) is 11.1. The van der Waals surface area contributed by atoms with Crippen molar-refractivity contribution in [2.75, 3.05) is 18.4 Å². The Kier molecular flexibility index (Phi) is 4.36. The summed E-state index contributed by atoms with van der Waals surface area (Å²) in [5.74, 6) is 0.121. The monoisotopic (exact) mass is 297 g/mol. The van der Waals surface area contributed by atoms with Crippen LogP contribution < -0.4 is 10.6 Å². The minimum Gasteiger partial charge on any atom is -0.382 e. The molecular weight excluding hydrogens is 283 g/mol. The summed E-state index contributed by atoms with van der Waals surface area (Å²) in [6.07, 6.45) is -2.64. The van der Waals surface area contributed by atoms with Gasteiger partial charge in [-0.2, -0.15) is 18.4 Å². The third-order valence-corrected chi connectivity index (χ3v) is 3.16. The molecule has 1 aromatic rings. The van der Waals surface area contributed by atoms with E-state index in [0.717, 1.165) is 25.0 Å². The first-order valence-electron chi connectivity index (χ1n) is 6.54. The number of hydrogen-bond acceptors (Lipinski definition) is 3. The number of alkyl halides is 3. The molecule has 0 heterocycles. The van der Waals surface area contributed by atoms with Gasteiger partial charge in [-0.05, 0) is 31.0 Å². The summed E-state index contributed by atoms with van der Waals surface area (Å²) in [4.78, 5) is 11.4. The maximum Gasteiger partial charge on any atom is 0.416 e. The molecule has 0 aromatic heterocycles. The van der Waals surface area contributed by atoms with Crippen LogP contribution in [0.2, 0.25) is 0 Å². The molecule has 0 saturated heterocycles. The number of nitriles is 1. The summed E-state index contributed by atoms with van der Waals surface area (Å²) in [6, 6.07) is 4.70. The van der Waals surface area contributed by atoms with E-state index in [0.29, 0.717) is 18.8 Å². The molecule has 7 heteroatoms. The van der Waals surface area contributed by atoms with Crippen molar-refractivity contribution in [2.24, 2.45) is 5.92 Å². The standard InChI is InChI=1S/C14H14F3N3O/c15-14(16,17)11-3-4-12(10(7-11)8-18)19-5-6-20-13(21)9-1-2-9/h3-4,7,9,19H,1-2,5-6H2,(H,20,21). The van der Waals surface area contributed by atoms with E-state index in [4.69, 9.17) is 5.26 Å². The molecule has 0 bridgehead atoms. The Morgan fingerprint density at radius 2 is 2.05 bits per heavy atom. The fourth-order valence-electron chi connectivity index (χ4n) is 1.84. The minimum absolute atomic E-state index is 0.00438. The van der Waals surface area contributed by atoms with Crippen molar-refractivity contribution in [1.82, 2.24) is 5.32 Å². The first kappa shape index (κ1) is 15.2. The first-order chi connectivity index (χ1) is 9.91. The molecule has 0 unspecified atom stereocenters. The van der Waals surface area contributed by atoms with Crippen LogP contribution in [0.25, 0.3) is 0 Å². The fourth-order valence-corrected chi connectivity index (χ4v) is 1.84. The molecule has 2 N–H and O–H groups in total. The van der Waals surface area contributed by atoms with Crippen molar-refractivity contribution in [3.8, 4) is 6.07 Å². The van der Waals surface area contributed by atoms with Crippen LogP contribution in [0.15, 0.2) is 18.2 Å². The summed E-state index contributed by atoms with van der Waals surface area (Å²) in [5.41, 5.74) is -0.601. The lowest BCUT2D eigenvalue weighted by atomic mass is 10.1. The lowest BCUT2D eigenvalue weighted by molar-refractivity contribution is -0.137. The van der Waals surface area contributed by atoms with Gasteiger partial charge < -0.3 is 10.6 Å². The Morgan fingerprint density at radius 3 is 2.62 bits per heavy atom. The molecule has 1 aliphatic carbocycles. The lowest BCUT2D eigenvalue weighted by Gasteiger charge is -2.12. The molecule has 21 heavy (non-hydrogen) atoms. The van der Waals surface area contributed by atoms with Gasteiger partial charge in [0.05, 0.1) is 16.8 Å². The summed E-state index contributed by atoms with van der Waals surface area (Å²) in [5, 5.41) is 14.5. The van der Waals surface area contributed by atoms with Gasteiger partial charge in [-0.1, -0.05) is 0 Å². The van der Waals surface area contributed by atoms with Crippen molar-refractivity contribution in [2.45, 2.75) is 19.0 Å². The Morgan fingerprint density at radius 1 is 1.33 bits per heavy atom. The van der Waals surface area contributed by atoms with Crippen LogP contribution in [0.4, 0.5) is 18.9 Å². The number of nitrogens with zero attached hydrogens (tertiary/aromatic N) is 1. The number of hydrogen-bond donors (Lipinski definition) is 2. The zero-order chi connectivity index (χ0) is 15.5. The van der Waals surface area contributed by atoms with Crippen LogP contribution in [-0.4, -0.2) is 19.0 Å². The average molecular weight is 297 g/mol. The van der Waals surface area contributed by atoms with Gasteiger partial charge in [0.2, 0.25) is 5.91 Å². The second kappa shape index (κ2) is 6.04. The minimum atomic E-state index is -4.47. The Labute approximate surface area is 119 Å². The summed E-state index contributed by atoms with van der Waals surface area (Å²) in [7, 11) is 0. The second-order valence-electron chi connectivity index (χ2n) is 4.86. The second-order valence-corrected chi connectivity index (χ2v) is 4.86. The van der Waals surface area contributed by atoms with Crippen molar-refractivity contribution < 1.29 is 18.0 Å². The number of amides is 1. The number of benzene rings is 1. The summed E-state index contributed by atoms with van der Waals surface area (Å²) >= 11 is 0. The van der Waals surface area contributed by atoms with Crippen LogP contribution in [-0.2, 0) is 11.0 Å². The van der Waals surface area contributed by atoms with E-state index >= 15 is 0 Å². The van der Waals surface area contributed by atoms with Gasteiger partial charge in [-0.15, -0.1) is 0 Å². The van der Waals surface area contributed by atoms with E-state index in [-0.39, 0.29) is 17.4 Å². The maximum absolute atomic E-state index is 12.5. The summed E-state index contributed by atoms with van der Waals surface area (Å²) in [6.45, 7) is 0.708. The lowest BCUT2D eigenvalue weighted by Crippen LogP contribution is -2.29. The zero-order valence-corrected chi connectivity index (χ0v) is 11.1. The van der Waals surface area contributed by atoms with Gasteiger partial charge in [0, 0.05) is 19.0 Å². The highest BCUT2D eigenvalue weighted by Gasteiger charge is 2.31. The topological polar surface area (TPSA) is 64.9 Å². The number of rotatable bonds is 5. The van der Waals surface area contributed by atoms with Gasteiger partial charge in [-0.25, -0.2) is 0 Å². The van der Waals surface area contributed by atoms with Crippen molar-refractivity contribution in [3.63, 3.8) is 0 Å². The van der Waals surface area contributed by atoms with Crippen molar-refractivity contribution in [1.29, 1.82) is 5.26 Å². The smallest absolute Gasteiger partial charge is 0.382 e. The molecule has 1 aliphatic rings. The molecule has 1 saturated carbocycles. The first-order valence-corrected chi connectivity index (χ1v) is 6.54. The number of carbonyl (C=O) groups is 1. The summed E-state index contributed by atoms with van der Waals surface area (Å²) < 4.78 is 37.6. The van der Waals surface area contributed by atoms with E-state index in [9.17, 15) is 18.0 Å². The van der Waals surface area contributed by atoms with E-state index in [1.807, 2.05) is 0 Å². The number of nitrogens with one attached hydrogen (secondary N) is 2. The van der Waals surface area contributed by atoms with E-state index in [2.05, 4.69) is 10.6 Å². The molecule has 1 aromatic carbocycles. The molecule has 2 rings (SSSR count). The van der Waals surface area contributed by atoms with E-state index < -0.39 is 11.7 Å². The van der Waals surface area contributed by atoms with Crippen LogP contribution >= 0.6 is 0 Å². The molecule has 0 spiro atoms. The quantitative estimate of drug-likeness (QED) is 0.821. The molecule has 4 nitrogen and oxygen atoms in total. The van der Waals surface area contributed by atoms with Crippen molar-refractivity contribution in [3.05, 3.63) is 29.3 Å². The third kappa shape index (κ3) is 4.12. The van der Waals surface area contributed by atoms with Crippen LogP contribution in [0.5, 0.6) is 0 Å². The predicted octanol–water partition coefficient (Wildman–Crippen LogP) is 2.52. The number of anilines is 1. The fraction of sp³-hybridized carbons (Fsp3) is 0.429. The molecule has 1 fully saturated rings. The normalized spacial score (nSPS) is 14.4. The Hall–Kier alpha value is -2.23. The van der Waals surface area contributed by atoms with Gasteiger partial charge in [-0.3, -0.25) is 4.79 Å². The predicted molar refractivity (Wildman–Crippen MR) is 70.4 cm³/mol. The molecule has 0 radical (unpaired) electrons. The highest BCUT2D eigenvalue weighted by molar-refractivity contribution is 5.80. The Bertz CT molecular complexity index is 574. The average Bonchev–Trinajstić information content (AvgIpc) is 3.26. The highest BCUT2D eigenvalue weighted by Crippen LogP contribution is 2.31. The number of carbonyl (C=O) groups excluding carboxylic acids is 1. The van der Waals surface area contributed by atoms with E-state index in [1.165, 1.54) is 6.07 Å². The van der Waals surface area contributed by atoms with Gasteiger partial charge in [0.25, 0.3) is 0 Å². The van der Waals surface area contributed by atoms with Gasteiger partial charge >= 0.3 is 6.18 Å². The Balaban J connectivity index is 1.90. The van der Waals surface area contributed by atoms with E-state index in [1.54, 1.807) is 6.07 Å². The molecule has 0 atom stereocenters. The van der Waals surface area contributed by atoms with Gasteiger partial charge in [0.1, 0.15) is 6.07 Å². The molecule has 0 aliphatic heterocycles. The SMILES string of the molecule is N#Cc1cc(C(F)(F)F)ccc1NCCNC(=O)C1CC1. The molecule has 112 valence electrons. The van der Waals surface area contributed by atoms with Crippen LogP contribution in [0.3, 0.4) is 0 Å². The molecule has 1 amide bonds. The number of halogens is 3. The highest BCUT2D eigenvalue weighted by atomic mass is 19.4. The largest absolute Gasteiger partial charge is 0.416 e. The third-order valence-electron chi connectivity index (χ3n) is 3.16.